The van der Waals surface area contributed by atoms with Crippen molar-refractivity contribution in [2.45, 2.75) is 0 Å². The van der Waals surface area contributed by atoms with E-state index in [1.165, 1.54) is 0 Å². The Morgan fingerprint density at radius 2 is 2.21 bits per heavy atom. The van der Waals surface area contributed by atoms with E-state index < -0.39 is 0 Å². The summed E-state index contributed by atoms with van der Waals surface area (Å²) in [6, 6.07) is 7.82. The van der Waals surface area contributed by atoms with Crippen LogP contribution in [0.2, 0.25) is 0 Å². The molecule has 0 fully saturated rings. The van der Waals surface area contributed by atoms with Crippen LogP contribution in [0.25, 0.3) is 22.2 Å². The molecule has 68 valence electrons. The highest BCUT2D eigenvalue weighted by Gasteiger charge is 2.02. The highest BCUT2D eigenvalue weighted by molar-refractivity contribution is 5.83. The summed E-state index contributed by atoms with van der Waals surface area (Å²) in [5.41, 5.74) is 2.90. The van der Waals surface area contributed by atoms with E-state index in [-0.39, 0.29) is 0 Å². The van der Waals surface area contributed by atoms with E-state index in [1.54, 1.807) is 12.5 Å². The number of rotatable bonds is 1. The third-order valence-corrected chi connectivity index (χ3v) is 2.17. The van der Waals surface area contributed by atoms with Crippen LogP contribution in [0, 0.1) is 0 Å². The van der Waals surface area contributed by atoms with E-state index in [4.69, 9.17) is 4.52 Å². The van der Waals surface area contributed by atoms with Crippen LogP contribution in [0.5, 0.6) is 0 Å². The van der Waals surface area contributed by atoms with Crippen molar-refractivity contribution in [3.63, 3.8) is 0 Å². The lowest BCUT2D eigenvalue weighted by Gasteiger charge is -1.94. The smallest absolute Gasteiger partial charge is 0.124 e. The maximum atomic E-state index is 4.79. The maximum Gasteiger partial charge on any atom is 0.124 e. The lowest BCUT2D eigenvalue weighted by Crippen LogP contribution is -1.76. The Morgan fingerprint density at radius 1 is 1.21 bits per heavy atom. The Balaban J connectivity index is 2.23. The van der Waals surface area contributed by atoms with Crippen LogP contribution in [0.4, 0.5) is 0 Å². The monoisotopic (exact) mass is 185 g/mol. The molecule has 0 aliphatic heterocycles. The molecule has 0 amide bonds. The fourth-order valence-corrected chi connectivity index (χ4v) is 1.46. The molecule has 4 nitrogen and oxygen atoms in total. The molecule has 0 saturated heterocycles. The van der Waals surface area contributed by atoms with Crippen LogP contribution >= 0.6 is 0 Å². The Labute approximate surface area is 79.5 Å². The average molecular weight is 185 g/mol. The number of hydrogen-bond donors (Lipinski definition) is 1. The normalized spacial score (nSPS) is 10.9. The molecule has 14 heavy (non-hydrogen) atoms. The summed E-state index contributed by atoms with van der Waals surface area (Å²) in [4.78, 5) is 0. The molecular weight excluding hydrogens is 178 g/mol. The van der Waals surface area contributed by atoms with Gasteiger partial charge in [-0.2, -0.15) is 5.10 Å². The number of benzene rings is 1. The van der Waals surface area contributed by atoms with Crippen LogP contribution in [0.1, 0.15) is 0 Å². The first-order chi connectivity index (χ1) is 6.93. The van der Waals surface area contributed by atoms with Gasteiger partial charge in [-0.3, -0.25) is 5.10 Å². The van der Waals surface area contributed by atoms with Crippen LogP contribution < -0.4 is 0 Å². The zero-order chi connectivity index (χ0) is 9.38. The molecule has 0 aliphatic rings. The van der Waals surface area contributed by atoms with Gasteiger partial charge in [-0.05, 0) is 12.1 Å². The van der Waals surface area contributed by atoms with Crippen molar-refractivity contribution in [2.24, 2.45) is 0 Å². The third kappa shape index (κ3) is 1.01. The standard InChI is InChI=1S/C10H7N3O/c1-2-9-8(6-11-12-9)5-7(1)10-3-4-14-13-10/h1-6H,(H,11,12). The van der Waals surface area contributed by atoms with Gasteiger partial charge in [0.2, 0.25) is 0 Å². The first-order valence-electron chi connectivity index (χ1n) is 4.27. The van der Waals surface area contributed by atoms with Gasteiger partial charge in [0.1, 0.15) is 12.0 Å². The van der Waals surface area contributed by atoms with E-state index in [2.05, 4.69) is 15.4 Å². The minimum Gasteiger partial charge on any atom is -0.364 e. The lowest BCUT2D eigenvalue weighted by atomic mass is 10.1. The van der Waals surface area contributed by atoms with Crippen molar-refractivity contribution < 1.29 is 4.52 Å². The number of fused-ring (bicyclic) bond motifs is 1. The van der Waals surface area contributed by atoms with E-state index in [0.29, 0.717) is 0 Å². The molecule has 0 radical (unpaired) electrons. The molecule has 4 heteroatoms. The summed E-state index contributed by atoms with van der Waals surface area (Å²) in [6.45, 7) is 0. The van der Waals surface area contributed by atoms with Crippen LogP contribution in [-0.4, -0.2) is 15.4 Å². The highest BCUT2D eigenvalue weighted by atomic mass is 16.5. The third-order valence-electron chi connectivity index (χ3n) is 2.17. The summed E-state index contributed by atoms with van der Waals surface area (Å²) >= 11 is 0. The largest absolute Gasteiger partial charge is 0.364 e. The maximum absolute atomic E-state index is 4.79. The summed E-state index contributed by atoms with van der Waals surface area (Å²) < 4.78 is 4.79. The highest BCUT2D eigenvalue weighted by Crippen LogP contribution is 2.21. The minimum absolute atomic E-state index is 0.841. The van der Waals surface area contributed by atoms with E-state index in [0.717, 1.165) is 22.2 Å². The van der Waals surface area contributed by atoms with Gasteiger partial charge in [-0.1, -0.05) is 11.2 Å². The van der Waals surface area contributed by atoms with Gasteiger partial charge in [0.25, 0.3) is 0 Å². The molecule has 0 spiro atoms. The first-order valence-corrected chi connectivity index (χ1v) is 4.27. The molecule has 0 atom stereocenters. The van der Waals surface area contributed by atoms with E-state index >= 15 is 0 Å². The van der Waals surface area contributed by atoms with Crippen molar-refractivity contribution >= 4 is 10.9 Å². The van der Waals surface area contributed by atoms with Crippen molar-refractivity contribution in [1.29, 1.82) is 0 Å². The van der Waals surface area contributed by atoms with Gasteiger partial charge >= 0.3 is 0 Å². The Kier molecular flexibility index (Phi) is 1.41. The van der Waals surface area contributed by atoms with Gasteiger partial charge in [0, 0.05) is 17.0 Å². The predicted octanol–water partition coefficient (Wildman–Crippen LogP) is 2.22. The number of H-pyrrole nitrogens is 1. The second kappa shape index (κ2) is 2.70. The molecule has 0 aliphatic carbocycles. The fourth-order valence-electron chi connectivity index (χ4n) is 1.46. The van der Waals surface area contributed by atoms with Crippen LogP contribution in [0.15, 0.2) is 41.2 Å². The summed E-state index contributed by atoms with van der Waals surface area (Å²) in [5.74, 6) is 0. The number of nitrogens with one attached hydrogen (secondary N) is 1. The number of aromatic nitrogens is 3. The quantitative estimate of drug-likeness (QED) is 0.632. The predicted molar refractivity (Wildman–Crippen MR) is 51.6 cm³/mol. The van der Waals surface area contributed by atoms with Gasteiger partial charge < -0.3 is 4.52 Å². The van der Waals surface area contributed by atoms with Crippen molar-refractivity contribution in [3.05, 3.63) is 36.7 Å². The lowest BCUT2D eigenvalue weighted by molar-refractivity contribution is 0.422. The molecule has 0 unspecified atom stereocenters. The molecule has 1 aromatic carbocycles. The average Bonchev–Trinajstić information content (AvgIpc) is 2.88. The van der Waals surface area contributed by atoms with Crippen molar-refractivity contribution in [1.82, 2.24) is 15.4 Å². The minimum atomic E-state index is 0.841. The summed E-state index contributed by atoms with van der Waals surface area (Å²) in [6.07, 6.45) is 3.35. The van der Waals surface area contributed by atoms with Crippen molar-refractivity contribution in [2.75, 3.05) is 0 Å². The summed E-state index contributed by atoms with van der Waals surface area (Å²) in [5, 5.41) is 11.8. The van der Waals surface area contributed by atoms with Crippen molar-refractivity contribution in [3.8, 4) is 11.3 Å². The van der Waals surface area contributed by atoms with E-state index in [9.17, 15) is 0 Å². The molecule has 2 aromatic heterocycles. The van der Waals surface area contributed by atoms with Gasteiger partial charge in [0.05, 0.1) is 11.7 Å². The zero-order valence-electron chi connectivity index (χ0n) is 7.27. The number of nitrogens with zero attached hydrogens (tertiary/aromatic N) is 2. The topological polar surface area (TPSA) is 54.7 Å². The molecule has 0 saturated carbocycles. The van der Waals surface area contributed by atoms with Gasteiger partial charge in [-0.25, -0.2) is 0 Å². The molecule has 2 heterocycles. The van der Waals surface area contributed by atoms with Crippen LogP contribution in [-0.2, 0) is 0 Å². The number of aromatic amines is 1. The molecule has 1 N–H and O–H groups in total. The molecular formula is C10H7N3O. The zero-order valence-corrected chi connectivity index (χ0v) is 7.27. The second-order valence-corrected chi connectivity index (χ2v) is 3.06. The Hall–Kier alpha value is -2.10. The molecule has 0 bridgehead atoms. The van der Waals surface area contributed by atoms with Crippen LogP contribution in [0.3, 0.4) is 0 Å². The van der Waals surface area contributed by atoms with Gasteiger partial charge in [0.15, 0.2) is 0 Å². The fraction of sp³-hybridized carbons (Fsp3) is 0. The Bertz CT molecular complexity index is 554. The Morgan fingerprint density at radius 3 is 3.07 bits per heavy atom. The van der Waals surface area contributed by atoms with E-state index in [1.807, 2.05) is 24.3 Å². The molecule has 3 aromatic rings. The SMILES string of the molecule is c1cc(-c2ccc3[nH]ncc3c2)no1. The summed E-state index contributed by atoms with van der Waals surface area (Å²) in [7, 11) is 0. The number of hydrogen-bond acceptors (Lipinski definition) is 3. The first kappa shape index (κ1) is 7.32. The van der Waals surface area contributed by atoms with Gasteiger partial charge in [-0.15, -0.1) is 0 Å². The second-order valence-electron chi connectivity index (χ2n) is 3.06. The molecule has 3 rings (SSSR count).